The number of aromatic nitrogens is 2. The van der Waals surface area contributed by atoms with Gasteiger partial charge in [-0.2, -0.15) is 0 Å². The maximum absolute atomic E-state index is 12.7. The highest BCUT2D eigenvalue weighted by Crippen LogP contribution is 2.27. The van der Waals surface area contributed by atoms with Gasteiger partial charge in [-0.25, -0.2) is 9.97 Å². The predicted octanol–water partition coefficient (Wildman–Crippen LogP) is 1.58. The van der Waals surface area contributed by atoms with Crippen LogP contribution < -0.4 is 26.0 Å². The van der Waals surface area contributed by atoms with Gasteiger partial charge >= 0.3 is 0 Å². The van der Waals surface area contributed by atoms with Crippen molar-refractivity contribution in [2.24, 2.45) is 5.73 Å². The van der Waals surface area contributed by atoms with Crippen molar-refractivity contribution in [2.75, 3.05) is 65.7 Å². The van der Waals surface area contributed by atoms with Crippen LogP contribution in [0.1, 0.15) is 35.6 Å². The molecule has 4 N–H and O–H groups in total. The molecule has 0 radical (unpaired) electrons. The SMILES string of the molecule is CCc1nc(C(N)=O)c(Nc2cc(CCNC(=O)[C@H](C)N(C)C(=O)/C=C/CN(C)C)cc(OC)c2)nc1N(C)C. The molecule has 2 aromatic rings. The van der Waals surface area contributed by atoms with Crippen LogP contribution in [0, 0.1) is 0 Å². The van der Waals surface area contributed by atoms with E-state index in [2.05, 4.69) is 20.6 Å². The summed E-state index contributed by atoms with van der Waals surface area (Å²) in [5, 5.41) is 6.05. The van der Waals surface area contributed by atoms with Crippen molar-refractivity contribution in [2.45, 2.75) is 32.7 Å². The third-order valence-electron chi connectivity index (χ3n) is 6.16. The second-order valence-corrected chi connectivity index (χ2v) is 9.83. The number of ether oxygens (including phenoxy) is 1. The molecule has 0 fully saturated rings. The van der Waals surface area contributed by atoms with Gasteiger partial charge in [0.1, 0.15) is 11.8 Å². The third kappa shape index (κ3) is 8.94. The molecule has 2 rings (SSSR count). The molecule has 3 amide bonds. The molecule has 40 heavy (non-hydrogen) atoms. The van der Waals surface area contributed by atoms with Gasteiger partial charge in [0, 0.05) is 52.1 Å². The van der Waals surface area contributed by atoms with Gasteiger partial charge in [0.15, 0.2) is 17.3 Å². The molecule has 0 saturated carbocycles. The maximum atomic E-state index is 12.7. The van der Waals surface area contributed by atoms with Crippen molar-refractivity contribution in [3.05, 3.63) is 47.3 Å². The van der Waals surface area contributed by atoms with Gasteiger partial charge in [0.2, 0.25) is 11.8 Å². The smallest absolute Gasteiger partial charge is 0.271 e. The first-order valence-electron chi connectivity index (χ1n) is 13.1. The van der Waals surface area contributed by atoms with E-state index in [4.69, 9.17) is 10.5 Å². The number of anilines is 3. The average molecular weight is 555 g/mol. The number of benzene rings is 1. The normalized spacial score (nSPS) is 11.8. The summed E-state index contributed by atoms with van der Waals surface area (Å²) in [6.07, 6.45) is 4.32. The van der Waals surface area contributed by atoms with E-state index in [9.17, 15) is 14.4 Å². The lowest BCUT2D eigenvalue weighted by Crippen LogP contribution is -2.45. The monoisotopic (exact) mass is 554 g/mol. The molecule has 12 nitrogen and oxygen atoms in total. The molecule has 1 aromatic carbocycles. The Balaban J connectivity index is 2.15. The summed E-state index contributed by atoms with van der Waals surface area (Å²) < 4.78 is 5.46. The molecule has 0 saturated heterocycles. The van der Waals surface area contributed by atoms with Gasteiger partial charge in [-0.05, 0) is 51.6 Å². The van der Waals surface area contributed by atoms with E-state index in [0.29, 0.717) is 48.9 Å². The number of methoxy groups -OCH3 is 1. The van der Waals surface area contributed by atoms with Crippen molar-refractivity contribution in [1.29, 1.82) is 0 Å². The van der Waals surface area contributed by atoms with Gasteiger partial charge in [0.25, 0.3) is 5.91 Å². The van der Waals surface area contributed by atoms with Crippen molar-refractivity contribution in [3.8, 4) is 5.75 Å². The van der Waals surface area contributed by atoms with Gasteiger partial charge in [0.05, 0.1) is 12.8 Å². The predicted molar refractivity (Wildman–Crippen MR) is 157 cm³/mol. The van der Waals surface area contributed by atoms with Crippen LogP contribution in [-0.2, 0) is 22.4 Å². The van der Waals surface area contributed by atoms with Crippen LogP contribution in [0.5, 0.6) is 5.75 Å². The molecule has 12 heteroatoms. The number of nitrogens with one attached hydrogen (secondary N) is 2. The number of likely N-dealkylation sites (N-methyl/N-ethyl adjacent to an activating group) is 2. The van der Waals surface area contributed by atoms with Crippen LogP contribution in [0.25, 0.3) is 0 Å². The second kappa shape index (κ2) is 14.8. The van der Waals surface area contributed by atoms with Crippen LogP contribution in [0.3, 0.4) is 0 Å². The van der Waals surface area contributed by atoms with E-state index in [0.717, 1.165) is 5.56 Å². The summed E-state index contributed by atoms with van der Waals surface area (Å²) >= 11 is 0. The molecular weight excluding hydrogens is 512 g/mol. The number of carbonyl (C=O) groups excluding carboxylic acids is 3. The fourth-order valence-electron chi connectivity index (χ4n) is 3.77. The molecule has 218 valence electrons. The first-order valence-corrected chi connectivity index (χ1v) is 13.1. The Morgan fingerprint density at radius 1 is 1.10 bits per heavy atom. The highest BCUT2D eigenvalue weighted by molar-refractivity contribution is 5.96. The Bertz CT molecular complexity index is 1230. The van der Waals surface area contributed by atoms with E-state index in [-0.39, 0.29) is 23.3 Å². The summed E-state index contributed by atoms with van der Waals surface area (Å²) in [6.45, 7) is 4.59. The molecule has 0 unspecified atom stereocenters. The van der Waals surface area contributed by atoms with Crippen molar-refractivity contribution < 1.29 is 19.1 Å². The molecule has 1 atom stereocenters. The Hall–Kier alpha value is -4.19. The molecule has 0 bridgehead atoms. The van der Waals surface area contributed by atoms with Crippen LogP contribution >= 0.6 is 0 Å². The molecule has 1 aromatic heterocycles. The maximum Gasteiger partial charge on any atom is 0.271 e. The number of amides is 3. The molecule has 0 aliphatic rings. The zero-order valence-corrected chi connectivity index (χ0v) is 24.7. The number of nitrogens with zero attached hydrogens (tertiary/aromatic N) is 5. The van der Waals surface area contributed by atoms with Crippen molar-refractivity contribution in [3.63, 3.8) is 0 Å². The highest BCUT2D eigenvalue weighted by atomic mass is 16.5. The van der Waals surface area contributed by atoms with E-state index < -0.39 is 11.9 Å². The van der Waals surface area contributed by atoms with Crippen LogP contribution in [0.15, 0.2) is 30.4 Å². The Kier molecular flexibility index (Phi) is 11.9. The lowest BCUT2D eigenvalue weighted by Gasteiger charge is -2.23. The topological polar surface area (TPSA) is 146 Å². The lowest BCUT2D eigenvalue weighted by molar-refractivity contribution is -0.135. The van der Waals surface area contributed by atoms with Crippen molar-refractivity contribution >= 4 is 35.0 Å². The highest BCUT2D eigenvalue weighted by Gasteiger charge is 2.21. The fourth-order valence-corrected chi connectivity index (χ4v) is 3.77. The summed E-state index contributed by atoms with van der Waals surface area (Å²) in [7, 11) is 10.7. The van der Waals surface area contributed by atoms with Crippen LogP contribution in [0.2, 0.25) is 0 Å². The molecule has 0 spiro atoms. The Morgan fingerprint density at radius 3 is 2.38 bits per heavy atom. The minimum absolute atomic E-state index is 0.0447. The summed E-state index contributed by atoms with van der Waals surface area (Å²) in [6, 6.07) is 4.86. The zero-order chi connectivity index (χ0) is 30.0. The first-order chi connectivity index (χ1) is 18.9. The molecular formula is C28H42N8O4. The quantitative estimate of drug-likeness (QED) is 0.296. The standard InChI is InChI=1S/C28H42N8O4/c1-9-22-27(35(5)6)33-26(24(32-22)25(29)38)31-20-15-19(16-21(17-20)40-8)12-13-30-28(39)18(2)36(7)23(37)11-10-14-34(3)4/h10-11,15-18H,9,12-14H2,1-8H3,(H2,29,38)(H,30,39)(H,31,33)/b11-10+/t18-/m0/s1. The Morgan fingerprint density at radius 2 is 1.80 bits per heavy atom. The number of hydrogen-bond donors (Lipinski definition) is 3. The number of rotatable bonds is 14. The van der Waals surface area contributed by atoms with Gasteiger partial charge in [-0.15, -0.1) is 0 Å². The third-order valence-corrected chi connectivity index (χ3v) is 6.16. The van der Waals surface area contributed by atoms with Gasteiger partial charge < -0.3 is 35.8 Å². The number of aryl methyl sites for hydroxylation is 1. The Labute approximate surface area is 236 Å². The second-order valence-electron chi connectivity index (χ2n) is 9.83. The number of primary amides is 1. The summed E-state index contributed by atoms with van der Waals surface area (Å²) in [4.78, 5) is 51.5. The molecule has 0 aliphatic heterocycles. The van der Waals surface area contributed by atoms with Gasteiger partial charge in [-0.3, -0.25) is 14.4 Å². The zero-order valence-electron chi connectivity index (χ0n) is 24.7. The summed E-state index contributed by atoms with van der Waals surface area (Å²) in [5.41, 5.74) is 7.81. The number of nitrogens with two attached hydrogens (primary N) is 1. The van der Waals surface area contributed by atoms with E-state index >= 15 is 0 Å². The van der Waals surface area contributed by atoms with E-state index in [1.807, 2.05) is 57.0 Å². The van der Waals surface area contributed by atoms with Gasteiger partial charge in [-0.1, -0.05) is 13.0 Å². The molecule has 1 heterocycles. The minimum Gasteiger partial charge on any atom is -0.497 e. The fraction of sp³-hybridized carbons (Fsp3) is 0.464. The van der Waals surface area contributed by atoms with Crippen LogP contribution in [0.4, 0.5) is 17.3 Å². The number of hydrogen-bond acceptors (Lipinski definition) is 9. The van der Waals surface area contributed by atoms with E-state index in [1.165, 1.54) is 11.0 Å². The van der Waals surface area contributed by atoms with Crippen molar-refractivity contribution in [1.82, 2.24) is 25.1 Å². The van der Waals surface area contributed by atoms with E-state index in [1.54, 1.807) is 33.2 Å². The summed E-state index contributed by atoms with van der Waals surface area (Å²) in [5.74, 6) is 0.268. The van der Waals surface area contributed by atoms with Crippen LogP contribution in [-0.4, -0.2) is 99.0 Å². The lowest BCUT2D eigenvalue weighted by atomic mass is 10.1. The number of carbonyl (C=O) groups is 3. The largest absolute Gasteiger partial charge is 0.497 e. The molecule has 0 aliphatic carbocycles. The minimum atomic E-state index is -0.688. The first kappa shape index (κ1) is 32.0. The average Bonchev–Trinajstić information content (AvgIpc) is 2.91.